The summed E-state index contributed by atoms with van der Waals surface area (Å²) < 4.78 is 10.5. The molecular weight excluding hydrogens is 480 g/mol. The Hall–Kier alpha value is -4.67. The van der Waals surface area contributed by atoms with Gasteiger partial charge >= 0.3 is 6.09 Å². The van der Waals surface area contributed by atoms with Crippen LogP contribution in [0.2, 0.25) is 0 Å². The van der Waals surface area contributed by atoms with Crippen LogP contribution < -0.4 is 20.3 Å². The number of fused-ring (bicyclic) bond motifs is 1. The Kier molecular flexibility index (Phi) is 6.71. The summed E-state index contributed by atoms with van der Waals surface area (Å²) in [6, 6.07) is 9.80. The standard InChI is InChI=1S/C26H26N4O7/c1-5-20(31)27-16-10-11-19(36-4)17(14-16)28-22(32)21(30-24(34)26(2,3)37-25(30)35)23(33)29-13-12-15-8-6-7-9-18(15)29/h5-11,14,21H,1,12-13H2,2-4H3,(H,27,31)(H,28,32). The third-order valence-electron chi connectivity index (χ3n) is 6.08. The summed E-state index contributed by atoms with van der Waals surface area (Å²) in [5.41, 5.74) is 0.364. The van der Waals surface area contributed by atoms with E-state index in [-0.39, 0.29) is 18.0 Å². The molecule has 2 heterocycles. The van der Waals surface area contributed by atoms with E-state index in [0.717, 1.165) is 11.6 Å². The number of anilines is 3. The van der Waals surface area contributed by atoms with Gasteiger partial charge in [-0.2, -0.15) is 0 Å². The van der Waals surface area contributed by atoms with Crippen LogP contribution in [0.15, 0.2) is 55.1 Å². The quantitative estimate of drug-likeness (QED) is 0.435. The molecule has 0 aromatic heterocycles. The van der Waals surface area contributed by atoms with Gasteiger partial charge in [0.25, 0.3) is 17.7 Å². The van der Waals surface area contributed by atoms with E-state index in [4.69, 9.17) is 9.47 Å². The lowest BCUT2D eigenvalue weighted by Crippen LogP contribution is -2.57. The molecule has 0 saturated carbocycles. The topological polar surface area (TPSA) is 134 Å². The largest absolute Gasteiger partial charge is 0.495 e. The van der Waals surface area contributed by atoms with Gasteiger partial charge in [-0.15, -0.1) is 0 Å². The number of rotatable bonds is 7. The molecule has 0 spiro atoms. The molecular formula is C26H26N4O7. The summed E-state index contributed by atoms with van der Waals surface area (Å²) in [4.78, 5) is 66.9. The normalized spacial score (nSPS) is 16.5. The molecule has 11 nitrogen and oxygen atoms in total. The summed E-state index contributed by atoms with van der Waals surface area (Å²) in [6.45, 7) is 6.43. The second-order valence-corrected chi connectivity index (χ2v) is 8.92. The summed E-state index contributed by atoms with van der Waals surface area (Å²) in [6.07, 6.45) is 0.533. The van der Waals surface area contributed by atoms with Crippen LogP contribution in [0.1, 0.15) is 19.4 Å². The van der Waals surface area contributed by atoms with Gasteiger partial charge in [0, 0.05) is 17.9 Å². The minimum absolute atomic E-state index is 0.105. The van der Waals surface area contributed by atoms with Gasteiger partial charge in [-0.25, -0.2) is 9.69 Å². The smallest absolute Gasteiger partial charge is 0.418 e. The fraction of sp³-hybridized carbons (Fsp3) is 0.269. The number of ether oxygens (including phenoxy) is 2. The van der Waals surface area contributed by atoms with Crippen LogP contribution in [0.3, 0.4) is 0 Å². The first-order chi connectivity index (χ1) is 17.6. The predicted octanol–water partition coefficient (Wildman–Crippen LogP) is 2.47. The number of imide groups is 1. The third kappa shape index (κ3) is 4.75. The first-order valence-corrected chi connectivity index (χ1v) is 11.5. The highest BCUT2D eigenvalue weighted by Gasteiger charge is 2.55. The van der Waals surface area contributed by atoms with E-state index in [1.807, 2.05) is 12.1 Å². The Labute approximate surface area is 213 Å². The SMILES string of the molecule is C=CC(=O)Nc1ccc(OC)c(NC(=O)C(C(=O)N2CCc3ccccc32)N2C(=O)OC(C)(C)C2=O)c1. The van der Waals surface area contributed by atoms with Crippen molar-refractivity contribution in [2.24, 2.45) is 0 Å². The number of carbonyl (C=O) groups is 5. The first-order valence-electron chi connectivity index (χ1n) is 11.5. The van der Waals surface area contributed by atoms with Crippen LogP contribution in [-0.2, 0) is 30.3 Å². The van der Waals surface area contributed by atoms with Crippen molar-refractivity contribution in [1.82, 2.24) is 4.90 Å². The average Bonchev–Trinajstić information content (AvgIpc) is 3.38. The van der Waals surface area contributed by atoms with E-state index in [2.05, 4.69) is 17.2 Å². The van der Waals surface area contributed by atoms with E-state index in [1.54, 1.807) is 18.2 Å². The summed E-state index contributed by atoms with van der Waals surface area (Å²) in [5.74, 6) is -2.80. The fourth-order valence-electron chi connectivity index (χ4n) is 4.24. The van der Waals surface area contributed by atoms with E-state index >= 15 is 0 Å². The maximum Gasteiger partial charge on any atom is 0.418 e. The lowest BCUT2D eigenvalue weighted by Gasteiger charge is -2.28. The number of cyclic esters (lactones) is 1. The predicted molar refractivity (Wildman–Crippen MR) is 134 cm³/mol. The van der Waals surface area contributed by atoms with Gasteiger partial charge in [0.1, 0.15) is 5.75 Å². The van der Waals surface area contributed by atoms with Crippen LogP contribution in [0.4, 0.5) is 21.9 Å². The number of para-hydroxylation sites is 1. The molecule has 1 atom stereocenters. The summed E-state index contributed by atoms with van der Waals surface area (Å²) in [7, 11) is 1.38. The van der Waals surface area contributed by atoms with Crippen LogP contribution in [-0.4, -0.2) is 59.9 Å². The van der Waals surface area contributed by atoms with Gasteiger partial charge in [0.15, 0.2) is 5.60 Å². The Bertz CT molecular complexity index is 1320. The summed E-state index contributed by atoms with van der Waals surface area (Å²) >= 11 is 0. The highest BCUT2D eigenvalue weighted by molar-refractivity contribution is 6.21. The molecule has 0 radical (unpaired) electrons. The van der Waals surface area contributed by atoms with Crippen molar-refractivity contribution >= 4 is 46.8 Å². The van der Waals surface area contributed by atoms with Gasteiger partial charge in [-0.05, 0) is 56.2 Å². The lowest BCUT2D eigenvalue weighted by atomic mass is 10.1. The molecule has 11 heteroatoms. The molecule has 2 aliphatic heterocycles. The zero-order chi connectivity index (χ0) is 26.9. The van der Waals surface area contributed by atoms with Crippen LogP contribution in [0.25, 0.3) is 0 Å². The van der Waals surface area contributed by atoms with Gasteiger partial charge in [-0.1, -0.05) is 24.8 Å². The van der Waals surface area contributed by atoms with Crippen LogP contribution >= 0.6 is 0 Å². The van der Waals surface area contributed by atoms with E-state index in [1.165, 1.54) is 38.0 Å². The van der Waals surface area contributed by atoms with Crippen molar-refractivity contribution in [3.8, 4) is 5.75 Å². The van der Waals surface area contributed by atoms with Crippen molar-refractivity contribution in [1.29, 1.82) is 0 Å². The third-order valence-corrected chi connectivity index (χ3v) is 6.08. The monoisotopic (exact) mass is 506 g/mol. The molecule has 0 bridgehead atoms. The lowest BCUT2D eigenvalue weighted by molar-refractivity contribution is -0.143. The molecule has 1 saturated heterocycles. The van der Waals surface area contributed by atoms with E-state index < -0.39 is 41.4 Å². The van der Waals surface area contributed by atoms with Gasteiger partial charge < -0.3 is 25.0 Å². The number of methoxy groups -OCH3 is 1. The van der Waals surface area contributed by atoms with E-state index in [9.17, 15) is 24.0 Å². The molecule has 37 heavy (non-hydrogen) atoms. The van der Waals surface area contributed by atoms with Crippen molar-refractivity contribution < 1.29 is 33.4 Å². The number of carbonyl (C=O) groups excluding carboxylic acids is 5. The fourth-order valence-corrected chi connectivity index (χ4v) is 4.24. The molecule has 5 amide bonds. The second-order valence-electron chi connectivity index (χ2n) is 8.92. The number of benzene rings is 2. The number of nitrogens with one attached hydrogen (secondary N) is 2. The van der Waals surface area contributed by atoms with E-state index in [0.29, 0.717) is 22.7 Å². The highest BCUT2D eigenvalue weighted by atomic mass is 16.6. The average molecular weight is 507 g/mol. The minimum atomic E-state index is -1.86. The molecule has 4 rings (SSSR count). The van der Waals surface area contributed by atoms with Crippen molar-refractivity contribution in [2.45, 2.75) is 31.9 Å². The second kappa shape index (κ2) is 9.76. The number of amides is 5. The van der Waals surface area contributed by atoms with Gasteiger partial charge in [-0.3, -0.25) is 19.2 Å². The first kappa shape index (κ1) is 25.4. The molecule has 1 unspecified atom stereocenters. The number of hydrogen-bond donors (Lipinski definition) is 2. The number of nitrogens with zero attached hydrogens (tertiary/aromatic N) is 2. The van der Waals surface area contributed by atoms with Gasteiger partial charge in [0.2, 0.25) is 11.9 Å². The molecule has 2 aromatic rings. The van der Waals surface area contributed by atoms with Crippen molar-refractivity contribution in [2.75, 3.05) is 29.2 Å². The Balaban J connectivity index is 1.72. The zero-order valence-corrected chi connectivity index (χ0v) is 20.6. The Morgan fingerprint density at radius 3 is 2.51 bits per heavy atom. The molecule has 2 aliphatic rings. The maximum absolute atomic E-state index is 13.8. The molecule has 1 fully saturated rings. The van der Waals surface area contributed by atoms with Crippen molar-refractivity contribution in [3.05, 3.63) is 60.7 Å². The van der Waals surface area contributed by atoms with Gasteiger partial charge in [0.05, 0.1) is 12.8 Å². The van der Waals surface area contributed by atoms with Crippen LogP contribution in [0.5, 0.6) is 5.75 Å². The molecule has 2 N–H and O–H groups in total. The maximum atomic E-state index is 13.8. The Morgan fingerprint density at radius 2 is 1.86 bits per heavy atom. The highest BCUT2D eigenvalue weighted by Crippen LogP contribution is 2.33. The molecule has 2 aromatic carbocycles. The molecule has 0 aliphatic carbocycles. The Morgan fingerprint density at radius 1 is 1.14 bits per heavy atom. The van der Waals surface area contributed by atoms with Crippen molar-refractivity contribution in [3.63, 3.8) is 0 Å². The number of hydrogen-bond acceptors (Lipinski definition) is 7. The van der Waals surface area contributed by atoms with Crippen LogP contribution in [0, 0.1) is 0 Å². The summed E-state index contributed by atoms with van der Waals surface area (Å²) in [5, 5.41) is 5.14. The minimum Gasteiger partial charge on any atom is -0.495 e. The molecule has 192 valence electrons. The zero-order valence-electron chi connectivity index (χ0n) is 20.6.